The fraction of sp³-hybridized carbons (Fsp3) is 0. The van der Waals surface area contributed by atoms with Gasteiger partial charge in [0.15, 0.2) is 0 Å². The molecule has 4 nitrogen and oxygen atoms in total. The second-order valence-electron chi connectivity index (χ2n) is 4.03. The fourth-order valence-electron chi connectivity index (χ4n) is 1.58. The summed E-state index contributed by atoms with van der Waals surface area (Å²) >= 11 is 4.87. The third kappa shape index (κ3) is 3.76. The largest absolute Gasteiger partial charge is 0.389 e. The van der Waals surface area contributed by atoms with E-state index in [0.29, 0.717) is 16.9 Å². The molecule has 6 heteroatoms. The molecular formula is C14H12FN3OS. The molecule has 0 spiro atoms. The smallest absolute Gasteiger partial charge is 0.323 e. The molecule has 2 aromatic carbocycles. The number of rotatable bonds is 3. The van der Waals surface area contributed by atoms with Crippen molar-refractivity contribution in [2.75, 3.05) is 10.6 Å². The molecule has 102 valence electrons. The van der Waals surface area contributed by atoms with E-state index in [9.17, 15) is 9.18 Å². The molecule has 0 aliphatic heterocycles. The van der Waals surface area contributed by atoms with Crippen molar-refractivity contribution in [3.63, 3.8) is 0 Å². The summed E-state index contributed by atoms with van der Waals surface area (Å²) in [5.41, 5.74) is 7.24. The van der Waals surface area contributed by atoms with E-state index in [2.05, 4.69) is 10.6 Å². The topological polar surface area (TPSA) is 67.1 Å². The fourth-order valence-corrected chi connectivity index (χ4v) is 1.70. The molecule has 2 amide bonds. The summed E-state index contributed by atoms with van der Waals surface area (Å²) in [4.78, 5) is 12.0. The Balaban J connectivity index is 2.02. The van der Waals surface area contributed by atoms with Gasteiger partial charge in [0.2, 0.25) is 0 Å². The van der Waals surface area contributed by atoms with E-state index in [4.69, 9.17) is 18.0 Å². The lowest BCUT2D eigenvalue weighted by atomic mass is 10.2. The van der Waals surface area contributed by atoms with Gasteiger partial charge in [0.1, 0.15) is 10.8 Å². The van der Waals surface area contributed by atoms with Crippen molar-refractivity contribution in [1.82, 2.24) is 0 Å². The third-order valence-electron chi connectivity index (χ3n) is 2.51. The summed E-state index contributed by atoms with van der Waals surface area (Å²) in [7, 11) is 0. The second-order valence-corrected chi connectivity index (χ2v) is 4.47. The number of hydrogen-bond donors (Lipinski definition) is 3. The van der Waals surface area contributed by atoms with Crippen LogP contribution < -0.4 is 16.4 Å². The Bertz CT molecular complexity index is 643. The van der Waals surface area contributed by atoms with Crippen molar-refractivity contribution in [2.45, 2.75) is 0 Å². The highest BCUT2D eigenvalue weighted by Crippen LogP contribution is 2.12. The van der Waals surface area contributed by atoms with E-state index in [1.807, 2.05) is 0 Å². The number of thiocarbonyl (C=S) groups is 1. The summed E-state index contributed by atoms with van der Waals surface area (Å²) in [6.07, 6.45) is 0. The Hall–Kier alpha value is -2.47. The van der Waals surface area contributed by atoms with Gasteiger partial charge in [-0.05, 0) is 36.4 Å². The minimum absolute atomic E-state index is 0.257. The monoisotopic (exact) mass is 289 g/mol. The Morgan fingerprint density at radius 3 is 2.35 bits per heavy atom. The summed E-state index contributed by atoms with van der Waals surface area (Å²) in [5.74, 6) is -0.361. The van der Waals surface area contributed by atoms with E-state index in [-0.39, 0.29) is 10.8 Å². The van der Waals surface area contributed by atoms with E-state index < -0.39 is 6.03 Å². The Kier molecular flexibility index (Phi) is 4.27. The molecule has 0 heterocycles. The van der Waals surface area contributed by atoms with Gasteiger partial charge in [-0.2, -0.15) is 0 Å². The van der Waals surface area contributed by atoms with Gasteiger partial charge < -0.3 is 16.4 Å². The molecule has 0 aliphatic rings. The Labute approximate surface area is 120 Å². The third-order valence-corrected chi connectivity index (χ3v) is 2.74. The number of carbonyl (C=O) groups is 1. The standard InChI is InChI=1S/C14H12FN3OS/c15-10-4-6-11(7-5-10)17-14(19)18-12-3-1-2-9(8-12)13(16)20/h1-8H,(H2,16,20)(H2,17,18,19). The molecule has 0 aromatic heterocycles. The van der Waals surface area contributed by atoms with Gasteiger partial charge in [-0.25, -0.2) is 9.18 Å². The zero-order valence-electron chi connectivity index (χ0n) is 10.4. The number of urea groups is 1. The quantitative estimate of drug-likeness (QED) is 0.761. The zero-order chi connectivity index (χ0) is 14.5. The van der Waals surface area contributed by atoms with Crippen LogP contribution in [-0.4, -0.2) is 11.0 Å². The number of anilines is 2. The SMILES string of the molecule is NC(=S)c1cccc(NC(=O)Nc2ccc(F)cc2)c1. The van der Waals surface area contributed by atoms with Gasteiger partial charge in [0.05, 0.1) is 0 Å². The highest BCUT2D eigenvalue weighted by molar-refractivity contribution is 7.80. The van der Waals surface area contributed by atoms with E-state index in [1.54, 1.807) is 24.3 Å². The summed E-state index contributed by atoms with van der Waals surface area (Å²) in [5, 5.41) is 5.23. The average molecular weight is 289 g/mol. The van der Waals surface area contributed by atoms with Crippen LogP contribution >= 0.6 is 12.2 Å². The molecular weight excluding hydrogens is 277 g/mol. The summed E-state index contributed by atoms with van der Waals surface area (Å²) in [6.45, 7) is 0. The number of nitrogens with two attached hydrogens (primary N) is 1. The first-order valence-corrected chi connectivity index (χ1v) is 6.19. The number of carbonyl (C=O) groups excluding carboxylic acids is 1. The van der Waals surface area contributed by atoms with E-state index in [0.717, 1.165) is 0 Å². The van der Waals surface area contributed by atoms with Gasteiger partial charge >= 0.3 is 6.03 Å². The molecule has 0 atom stereocenters. The summed E-state index contributed by atoms with van der Waals surface area (Å²) < 4.78 is 12.7. The molecule has 0 saturated heterocycles. The van der Waals surface area contributed by atoms with Crippen molar-refractivity contribution >= 4 is 34.6 Å². The minimum Gasteiger partial charge on any atom is -0.389 e. The predicted molar refractivity (Wildman–Crippen MR) is 81.4 cm³/mol. The van der Waals surface area contributed by atoms with Crippen LogP contribution in [0, 0.1) is 5.82 Å². The molecule has 4 N–H and O–H groups in total. The van der Waals surface area contributed by atoms with Crippen molar-refractivity contribution < 1.29 is 9.18 Å². The molecule has 0 saturated carbocycles. The molecule has 20 heavy (non-hydrogen) atoms. The first-order valence-electron chi connectivity index (χ1n) is 5.78. The van der Waals surface area contributed by atoms with Gasteiger partial charge in [0, 0.05) is 16.9 Å². The van der Waals surface area contributed by atoms with E-state index in [1.165, 1.54) is 24.3 Å². The molecule has 0 radical (unpaired) electrons. The van der Waals surface area contributed by atoms with Gasteiger partial charge in [-0.15, -0.1) is 0 Å². The van der Waals surface area contributed by atoms with Crippen molar-refractivity contribution in [2.24, 2.45) is 5.73 Å². The van der Waals surface area contributed by atoms with Crippen molar-refractivity contribution in [3.8, 4) is 0 Å². The first kappa shape index (κ1) is 14.0. The Morgan fingerprint density at radius 1 is 1.05 bits per heavy atom. The molecule has 0 aliphatic carbocycles. The number of amides is 2. The predicted octanol–water partition coefficient (Wildman–Crippen LogP) is 3.10. The highest BCUT2D eigenvalue weighted by Gasteiger charge is 2.04. The van der Waals surface area contributed by atoms with Gasteiger partial charge in [-0.3, -0.25) is 0 Å². The molecule has 2 aromatic rings. The van der Waals surface area contributed by atoms with E-state index >= 15 is 0 Å². The average Bonchev–Trinajstić information content (AvgIpc) is 2.41. The second kappa shape index (κ2) is 6.12. The van der Waals surface area contributed by atoms with Crippen LogP contribution in [0.4, 0.5) is 20.6 Å². The lowest BCUT2D eigenvalue weighted by Crippen LogP contribution is -2.19. The maximum Gasteiger partial charge on any atom is 0.323 e. The molecule has 0 fully saturated rings. The number of benzene rings is 2. The van der Waals surface area contributed by atoms with Crippen molar-refractivity contribution in [1.29, 1.82) is 0 Å². The van der Waals surface area contributed by atoms with Crippen LogP contribution in [0.1, 0.15) is 5.56 Å². The van der Waals surface area contributed by atoms with Crippen LogP contribution in [0.2, 0.25) is 0 Å². The number of halogens is 1. The maximum absolute atomic E-state index is 12.7. The van der Waals surface area contributed by atoms with Crippen LogP contribution in [0.15, 0.2) is 48.5 Å². The van der Waals surface area contributed by atoms with Crippen LogP contribution in [0.3, 0.4) is 0 Å². The molecule has 0 bridgehead atoms. The molecule has 2 rings (SSSR count). The zero-order valence-corrected chi connectivity index (χ0v) is 11.2. The lowest BCUT2D eigenvalue weighted by molar-refractivity contribution is 0.262. The minimum atomic E-state index is -0.434. The maximum atomic E-state index is 12.7. The number of hydrogen-bond acceptors (Lipinski definition) is 2. The van der Waals surface area contributed by atoms with Crippen molar-refractivity contribution in [3.05, 3.63) is 59.9 Å². The normalized spacial score (nSPS) is 9.85. The van der Waals surface area contributed by atoms with Crippen LogP contribution in [0.25, 0.3) is 0 Å². The molecule has 0 unspecified atom stereocenters. The summed E-state index contributed by atoms with van der Waals surface area (Å²) in [6, 6.07) is 11.9. The lowest BCUT2D eigenvalue weighted by Gasteiger charge is -2.08. The first-order chi connectivity index (χ1) is 9.54. The van der Waals surface area contributed by atoms with Gasteiger partial charge in [0.25, 0.3) is 0 Å². The van der Waals surface area contributed by atoms with Crippen LogP contribution in [0.5, 0.6) is 0 Å². The van der Waals surface area contributed by atoms with Gasteiger partial charge in [-0.1, -0.05) is 24.4 Å². The van der Waals surface area contributed by atoms with Crippen LogP contribution in [-0.2, 0) is 0 Å². The highest BCUT2D eigenvalue weighted by atomic mass is 32.1. The number of nitrogens with one attached hydrogen (secondary N) is 2. The Morgan fingerprint density at radius 2 is 1.70 bits per heavy atom.